The molecular formula is C10H12F3N3O2. The fourth-order valence-electron chi connectivity index (χ4n) is 1.50. The van der Waals surface area contributed by atoms with E-state index >= 15 is 0 Å². The van der Waals surface area contributed by atoms with Crippen molar-refractivity contribution >= 4 is 5.95 Å². The topological polar surface area (TPSA) is 56.3 Å². The zero-order chi connectivity index (χ0) is 13.0. The Morgan fingerprint density at radius 2 is 2.33 bits per heavy atom. The van der Waals surface area contributed by atoms with Crippen LogP contribution in [0, 0.1) is 5.92 Å². The summed E-state index contributed by atoms with van der Waals surface area (Å²) in [7, 11) is 0. The first-order chi connectivity index (χ1) is 8.55. The van der Waals surface area contributed by atoms with Crippen molar-refractivity contribution in [2.75, 3.05) is 25.3 Å². The van der Waals surface area contributed by atoms with E-state index in [1.807, 2.05) is 0 Å². The number of ether oxygens (including phenoxy) is 1. The van der Waals surface area contributed by atoms with Gasteiger partial charge in [0.15, 0.2) is 0 Å². The molecule has 1 aromatic rings. The molecule has 1 atom stereocenters. The normalized spacial score (nSPS) is 20.1. The minimum absolute atomic E-state index is 0.205. The lowest BCUT2D eigenvalue weighted by Gasteiger charge is -2.10. The molecule has 5 nitrogen and oxygen atoms in total. The quantitative estimate of drug-likeness (QED) is 0.840. The molecule has 0 bridgehead atoms. The predicted octanol–water partition coefficient (Wildman–Crippen LogP) is 1.88. The van der Waals surface area contributed by atoms with Gasteiger partial charge in [-0.05, 0) is 12.5 Å². The summed E-state index contributed by atoms with van der Waals surface area (Å²) in [5, 5.41) is 0. The van der Waals surface area contributed by atoms with Crippen LogP contribution in [0.15, 0.2) is 12.3 Å². The Morgan fingerprint density at radius 1 is 1.50 bits per heavy atom. The van der Waals surface area contributed by atoms with Gasteiger partial charge in [-0.25, -0.2) is 15.4 Å². The van der Waals surface area contributed by atoms with E-state index in [-0.39, 0.29) is 11.9 Å². The number of halogens is 3. The molecule has 1 fully saturated rings. The van der Waals surface area contributed by atoms with Crippen LogP contribution in [0.1, 0.15) is 12.1 Å². The first-order valence-corrected chi connectivity index (χ1v) is 5.41. The molecule has 0 spiro atoms. The van der Waals surface area contributed by atoms with Crippen LogP contribution >= 0.6 is 0 Å². The number of anilines is 1. The van der Waals surface area contributed by atoms with Crippen molar-refractivity contribution in [1.29, 1.82) is 0 Å². The smallest absolute Gasteiger partial charge is 0.381 e. The molecule has 1 aliphatic heterocycles. The van der Waals surface area contributed by atoms with E-state index in [0.29, 0.717) is 19.8 Å². The summed E-state index contributed by atoms with van der Waals surface area (Å²) in [6.07, 6.45) is -2.58. The molecule has 0 radical (unpaired) electrons. The standard InChI is InChI=1S/C10H12F3N3O2/c11-10(12,13)8-1-3-14-9(15-8)16-18-6-7-2-4-17-5-7/h1,3,7H,2,4-6H2,(H,14,15,16). The number of rotatable bonds is 4. The largest absolute Gasteiger partial charge is 0.433 e. The van der Waals surface area contributed by atoms with Crippen LogP contribution in [0.4, 0.5) is 19.1 Å². The lowest BCUT2D eigenvalue weighted by molar-refractivity contribution is -0.141. The highest BCUT2D eigenvalue weighted by Crippen LogP contribution is 2.27. The summed E-state index contributed by atoms with van der Waals surface area (Å²) >= 11 is 0. The third-order valence-electron chi connectivity index (χ3n) is 2.45. The van der Waals surface area contributed by atoms with Crippen LogP contribution in [-0.4, -0.2) is 29.8 Å². The van der Waals surface area contributed by atoms with E-state index in [4.69, 9.17) is 9.57 Å². The van der Waals surface area contributed by atoms with Crippen LogP contribution < -0.4 is 5.48 Å². The highest BCUT2D eigenvalue weighted by Gasteiger charge is 2.32. The molecule has 2 heterocycles. The molecule has 100 valence electrons. The van der Waals surface area contributed by atoms with Gasteiger partial charge in [0, 0.05) is 18.7 Å². The van der Waals surface area contributed by atoms with Crippen LogP contribution in [0.25, 0.3) is 0 Å². The summed E-state index contributed by atoms with van der Waals surface area (Å²) in [5.74, 6) is 0.0482. The van der Waals surface area contributed by atoms with Gasteiger partial charge in [0.2, 0.25) is 5.95 Å². The Hall–Kier alpha value is -1.41. The number of hydrogen-bond donors (Lipinski definition) is 1. The van der Waals surface area contributed by atoms with Crippen LogP contribution in [0.2, 0.25) is 0 Å². The number of nitrogens with one attached hydrogen (secondary N) is 1. The summed E-state index contributed by atoms with van der Waals surface area (Å²) in [6.45, 7) is 1.64. The molecular weight excluding hydrogens is 251 g/mol. The van der Waals surface area contributed by atoms with E-state index in [1.165, 1.54) is 0 Å². The Bertz CT molecular complexity index is 394. The lowest BCUT2D eigenvalue weighted by Crippen LogP contribution is -2.16. The van der Waals surface area contributed by atoms with Crippen molar-refractivity contribution in [3.05, 3.63) is 18.0 Å². The summed E-state index contributed by atoms with van der Waals surface area (Å²) in [4.78, 5) is 12.0. The van der Waals surface area contributed by atoms with Gasteiger partial charge in [-0.2, -0.15) is 13.2 Å². The van der Waals surface area contributed by atoms with Crippen molar-refractivity contribution in [3.8, 4) is 0 Å². The molecule has 8 heteroatoms. The molecule has 1 unspecified atom stereocenters. The molecule has 1 saturated heterocycles. The molecule has 1 aliphatic rings. The molecule has 18 heavy (non-hydrogen) atoms. The van der Waals surface area contributed by atoms with Crippen LogP contribution in [0.5, 0.6) is 0 Å². The second-order valence-electron chi connectivity index (χ2n) is 3.91. The minimum atomic E-state index is -4.49. The molecule has 0 amide bonds. The van der Waals surface area contributed by atoms with Gasteiger partial charge >= 0.3 is 6.18 Å². The van der Waals surface area contributed by atoms with Gasteiger partial charge in [0.05, 0.1) is 13.2 Å². The first-order valence-electron chi connectivity index (χ1n) is 5.41. The van der Waals surface area contributed by atoms with Gasteiger partial charge < -0.3 is 4.74 Å². The van der Waals surface area contributed by atoms with Gasteiger partial charge in [0.25, 0.3) is 0 Å². The van der Waals surface area contributed by atoms with Crippen molar-refractivity contribution in [2.24, 2.45) is 5.92 Å². The Morgan fingerprint density at radius 3 is 3.00 bits per heavy atom. The molecule has 0 aliphatic carbocycles. The molecule has 1 N–H and O–H groups in total. The van der Waals surface area contributed by atoms with E-state index in [2.05, 4.69) is 15.4 Å². The number of alkyl halides is 3. The highest BCUT2D eigenvalue weighted by atomic mass is 19.4. The Balaban J connectivity index is 1.85. The number of hydrogen-bond acceptors (Lipinski definition) is 5. The average molecular weight is 263 g/mol. The summed E-state index contributed by atoms with van der Waals surface area (Å²) in [5.41, 5.74) is 1.30. The van der Waals surface area contributed by atoms with Gasteiger partial charge in [-0.1, -0.05) is 0 Å². The van der Waals surface area contributed by atoms with Gasteiger partial charge in [0.1, 0.15) is 5.69 Å². The number of nitrogens with zero attached hydrogens (tertiary/aromatic N) is 2. The zero-order valence-corrected chi connectivity index (χ0v) is 9.41. The fraction of sp³-hybridized carbons (Fsp3) is 0.600. The Kier molecular flexibility index (Phi) is 3.97. The third kappa shape index (κ3) is 3.54. The third-order valence-corrected chi connectivity index (χ3v) is 2.45. The molecule has 1 aromatic heterocycles. The van der Waals surface area contributed by atoms with E-state index in [0.717, 1.165) is 18.7 Å². The molecule has 2 rings (SSSR count). The maximum Gasteiger partial charge on any atom is 0.433 e. The monoisotopic (exact) mass is 263 g/mol. The predicted molar refractivity (Wildman–Crippen MR) is 55.5 cm³/mol. The molecule has 0 aromatic carbocycles. The van der Waals surface area contributed by atoms with Gasteiger partial charge in [-0.15, -0.1) is 0 Å². The summed E-state index contributed by atoms with van der Waals surface area (Å²) < 4.78 is 42.2. The van der Waals surface area contributed by atoms with E-state index < -0.39 is 11.9 Å². The SMILES string of the molecule is FC(F)(F)c1ccnc(NOCC2CCOC2)n1. The van der Waals surface area contributed by atoms with E-state index in [9.17, 15) is 13.2 Å². The Labute approximate surface area is 101 Å². The molecule has 0 saturated carbocycles. The summed E-state index contributed by atoms with van der Waals surface area (Å²) in [6, 6.07) is 0.802. The van der Waals surface area contributed by atoms with Crippen molar-refractivity contribution < 1.29 is 22.7 Å². The van der Waals surface area contributed by atoms with E-state index in [1.54, 1.807) is 0 Å². The van der Waals surface area contributed by atoms with Crippen LogP contribution in [0.3, 0.4) is 0 Å². The minimum Gasteiger partial charge on any atom is -0.381 e. The maximum absolute atomic E-state index is 12.4. The second kappa shape index (κ2) is 5.49. The van der Waals surface area contributed by atoms with Crippen molar-refractivity contribution in [3.63, 3.8) is 0 Å². The van der Waals surface area contributed by atoms with Crippen molar-refractivity contribution in [2.45, 2.75) is 12.6 Å². The maximum atomic E-state index is 12.4. The highest BCUT2D eigenvalue weighted by molar-refractivity contribution is 5.22. The zero-order valence-electron chi connectivity index (χ0n) is 9.41. The first kappa shape index (κ1) is 13.0. The lowest BCUT2D eigenvalue weighted by atomic mass is 10.1. The van der Waals surface area contributed by atoms with Crippen molar-refractivity contribution in [1.82, 2.24) is 9.97 Å². The fourth-order valence-corrected chi connectivity index (χ4v) is 1.50. The number of aromatic nitrogens is 2. The average Bonchev–Trinajstić information content (AvgIpc) is 2.81. The second-order valence-corrected chi connectivity index (χ2v) is 3.91. The van der Waals surface area contributed by atoms with Crippen LogP contribution in [-0.2, 0) is 15.8 Å². The van der Waals surface area contributed by atoms with Gasteiger partial charge in [-0.3, -0.25) is 4.84 Å².